The third-order valence-electron chi connectivity index (χ3n) is 4.12. The fourth-order valence-corrected chi connectivity index (χ4v) is 3.55. The molecule has 1 aromatic rings. The van der Waals surface area contributed by atoms with Crippen LogP contribution in [0.1, 0.15) is 22.8 Å². The first-order valence-electron chi connectivity index (χ1n) is 7.64. The van der Waals surface area contributed by atoms with E-state index in [0.29, 0.717) is 12.1 Å². The zero-order valence-electron chi connectivity index (χ0n) is 13.4. The number of piperazine rings is 1. The Labute approximate surface area is 151 Å². The fourth-order valence-electron chi connectivity index (χ4n) is 2.83. The lowest BCUT2D eigenvalue weighted by Crippen LogP contribution is -2.52. The monoisotopic (exact) mass is 369 g/mol. The van der Waals surface area contributed by atoms with Gasteiger partial charge in [-0.2, -0.15) is 0 Å². The number of amides is 3. The summed E-state index contributed by atoms with van der Waals surface area (Å²) in [7, 11) is 0. The topological polar surface area (TPSA) is 69.7 Å². The number of nitrogens with zero attached hydrogens (tertiary/aromatic N) is 2. The molecule has 3 amide bonds. The van der Waals surface area contributed by atoms with Gasteiger partial charge in [0.25, 0.3) is 11.1 Å². The highest BCUT2D eigenvalue weighted by atomic mass is 35.5. The SMILES string of the molecule is C[C@@H]1CNCCN1C(=O)c1cccc(CN2C(=O)CSC2=O)c1.Cl. The zero-order valence-corrected chi connectivity index (χ0v) is 15.0. The van der Waals surface area contributed by atoms with Crippen LogP contribution in [-0.2, 0) is 11.3 Å². The summed E-state index contributed by atoms with van der Waals surface area (Å²) in [6.45, 7) is 4.52. The van der Waals surface area contributed by atoms with Crippen molar-refractivity contribution in [1.82, 2.24) is 15.1 Å². The summed E-state index contributed by atoms with van der Waals surface area (Å²) < 4.78 is 0. The number of benzene rings is 1. The van der Waals surface area contributed by atoms with Gasteiger partial charge in [0.1, 0.15) is 0 Å². The molecule has 0 spiro atoms. The van der Waals surface area contributed by atoms with Gasteiger partial charge >= 0.3 is 0 Å². The van der Waals surface area contributed by atoms with Crippen LogP contribution in [-0.4, -0.2) is 58.3 Å². The molecule has 130 valence electrons. The van der Waals surface area contributed by atoms with Crippen molar-refractivity contribution in [1.29, 1.82) is 0 Å². The number of halogens is 1. The first-order chi connectivity index (χ1) is 11.1. The maximum absolute atomic E-state index is 12.7. The Morgan fingerprint density at radius 2 is 2.17 bits per heavy atom. The van der Waals surface area contributed by atoms with E-state index >= 15 is 0 Å². The van der Waals surface area contributed by atoms with Gasteiger partial charge in [0.2, 0.25) is 5.91 Å². The molecule has 2 saturated heterocycles. The smallest absolute Gasteiger partial charge is 0.289 e. The van der Waals surface area contributed by atoms with Crippen molar-refractivity contribution in [3.63, 3.8) is 0 Å². The summed E-state index contributed by atoms with van der Waals surface area (Å²) in [6, 6.07) is 7.34. The molecule has 0 radical (unpaired) electrons. The van der Waals surface area contributed by atoms with Crippen molar-refractivity contribution >= 4 is 41.2 Å². The molecule has 0 saturated carbocycles. The van der Waals surface area contributed by atoms with Crippen molar-refractivity contribution in [3.05, 3.63) is 35.4 Å². The minimum Gasteiger partial charge on any atom is -0.333 e. The summed E-state index contributed by atoms with van der Waals surface area (Å²) in [5, 5.41) is 3.04. The molecule has 0 unspecified atom stereocenters. The van der Waals surface area contributed by atoms with E-state index in [4.69, 9.17) is 0 Å². The van der Waals surface area contributed by atoms with Gasteiger partial charge in [-0.05, 0) is 24.6 Å². The highest BCUT2D eigenvalue weighted by molar-refractivity contribution is 8.14. The summed E-state index contributed by atoms with van der Waals surface area (Å²) in [6.07, 6.45) is 0. The molecule has 2 heterocycles. The van der Waals surface area contributed by atoms with Gasteiger partial charge in [-0.1, -0.05) is 23.9 Å². The summed E-state index contributed by atoms with van der Waals surface area (Å²) in [5.74, 6) is 0.0252. The quantitative estimate of drug-likeness (QED) is 0.878. The van der Waals surface area contributed by atoms with Crippen molar-refractivity contribution in [2.45, 2.75) is 19.5 Å². The number of hydrogen-bond donors (Lipinski definition) is 1. The van der Waals surface area contributed by atoms with Gasteiger partial charge in [0.15, 0.2) is 0 Å². The Kier molecular flexibility index (Phi) is 6.26. The van der Waals surface area contributed by atoms with E-state index in [9.17, 15) is 14.4 Å². The van der Waals surface area contributed by atoms with Gasteiger partial charge < -0.3 is 10.2 Å². The molecular formula is C16H20ClN3O3S. The Balaban J connectivity index is 0.00000208. The van der Waals surface area contributed by atoms with E-state index in [0.717, 1.165) is 30.4 Å². The summed E-state index contributed by atoms with van der Waals surface area (Å²) in [4.78, 5) is 39.2. The number of thioether (sulfide) groups is 1. The molecule has 0 aliphatic carbocycles. The van der Waals surface area contributed by atoms with Crippen LogP contribution >= 0.6 is 24.2 Å². The van der Waals surface area contributed by atoms with Crippen LogP contribution in [0, 0.1) is 0 Å². The van der Waals surface area contributed by atoms with E-state index in [1.165, 1.54) is 4.90 Å². The van der Waals surface area contributed by atoms with Crippen molar-refractivity contribution < 1.29 is 14.4 Å². The first-order valence-corrected chi connectivity index (χ1v) is 8.62. The molecule has 3 rings (SSSR count). The fraction of sp³-hybridized carbons (Fsp3) is 0.438. The number of hydrogen-bond acceptors (Lipinski definition) is 5. The average Bonchev–Trinajstić information content (AvgIpc) is 2.87. The molecule has 1 N–H and O–H groups in total. The standard InChI is InChI=1S/C16H19N3O3S.ClH/c1-11-8-17-5-6-18(11)15(21)13-4-2-3-12(7-13)9-19-14(20)10-23-16(19)22;/h2-4,7,11,17H,5-6,8-10H2,1H3;1H/t11-;/m1./s1. The lowest BCUT2D eigenvalue weighted by molar-refractivity contribution is -0.125. The summed E-state index contributed by atoms with van der Waals surface area (Å²) in [5.41, 5.74) is 1.39. The minimum atomic E-state index is -0.220. The predicted octanol–water partition coefficient (Wildman–Crippen LogP) is 1.74. The largest absolute Gasteiger partial charge is 0.333 e. The molecular weight excluding hydrogens is 350 g/mol. The maximum atomic E-state index is 12.7. The van der Waals surface area contributed by atoms with Crippen LogP contribution in [0.15, 0.2) is 24.3 Å². The molecule has 2 aliphatic rings. The van der Waals surface area contributed by atoms with Crippen LogP contribution in [0.2, 0.25) is 0 Å². The predicted molar refractivity (Wildman–Crippen MR) is 95.5 cm³/mol. The van der Waals surface area contributed by atoms with Gasteiger partial charge in [0.05, 0.1) is 12.3 Å². The Morgan fingerprint density at radius 1 is 1.38 bits per heavy atom. The number of carbonyl (C=O) groups excluding carboxylic acids is 3. The van der Waals surface area contributed by atoms with E-state index < -0.39 is 0 Å². The molecule has 0 aromatic heterocycles. The third-order valence-corrected chi connectivity index (χ3v) is 4.98. The van der Waals surface area contributed by atoms with Crippen LogP contribution in [0.3, 0.4) is 0 Å². The van der Waals surface area contributed by atoms with Crippen molar-refractivity contribution in [3.8, 4) is 0 Å². The lowest BCUT2D eigenvalue weighted by atomic mass is 10.1. The minimum absolute atomic E-state index is 0. The Bertz CT molecular complexity index is 639. The van der Waals surface area contributed by atoms with E-state index in [1.807, 2.05) is 17.9 Å². The first kappa shape index (κ1) is 18.8. The summed E-state index contributed by atoms with van der Waals surface area (Å²) >= 11 is 1.02. The normalized spacial score (nSPS) is 21.0. The second-order valence-electron chi connectivity index (χ2n) is 5.79. The van der Waals surface area contributed by atoms with Crippen molar-refractivity contribution in [2.75, 3.05) is 25.4 Å². The van der Waals surface area contributed by atoms with Gasteiger partial charge in [-0.3, -0.25) is 19.3 Å². The van der Waals surface area contributed by atoms with Crippen LogP contribution in [0.5, 0.6) is 0 Å². The molecule has 0 bridgehead atoms. The van der Waals surface area contributed by atoms with Gasteiger partial charge in [-0.25, -0.2) is 0 Å². The maximum Gasteiger partial charge on any atom is 0.289 e. The van der Waals surface area contributed by atoms with Gasteiger partial charge in [-0.15, -0.1) is 12.4 Å². The second kappa shape index (κ2) is 8.00. The van der Waals surface area contributed by atoms with E-state index in [2.05, 4.69) is 5.32 Å². The molecule has 1 aromatic carbocycles. The lowest BCUT2D eigenvalue weighted by Gasteiger charge is -2.34. The van der Waals surface area contributed by atoms with Gasteiger partial charge in [0, 0.05) is 31.2 Å². The van der Waals surface area contributed by atoms with E-state index in [1.54, 1.807) is 18.2 Å². The van der Waals surface area contributed by atoms with Crippen LogP contribution < -0.4 is 5.32 Å². The zero-order chi connectivity index (χ0) is 16.4. The highest BCUT2D eigenvalue weighted by Crippen LogP contribution is 2.22. The molecule has 2 fully saturated rings. The molecule has 8 heteroatoms. The number of imide groups is 1. The van der Waals surface area contributed by atoms with Crippen molar-refractivity contribution in [2.24, 2.45) is 0 Å². The number of nitrogens with one attached hydrogen (secondary N) is 1. The Morgan fingerprint density at radius 3 is 2.83 bits per heavy atom. The highest BCUT2D eigenvalue weighted by Gasteiger charge is 2.30. The molecule has 24 heavy (non-hydrogen) atoms. The average molecular weight is 370 g/mol. The van der Waals surface area contributed by atoms with Crippen LogP contribution in [0.4, 0.5) is 4.79 Å². The second-order valence-corrected chi connectivity index (χ2v) is 6.71. The molecule has 6 nitrogen and oxygen atoms in total. The molecule has 1 atom stereocenters. The number of rotatable bonds is 3. The number of carbonyl (C=O) groups is 3. The van der Waals surface area contributed by atoms with E-state index in [-0.39, 0.29) is 47.8 Å². The molecule has 2 aliphatic heterocycles. The third kappa shape index (κ3) is 3.91. The van der Waals surface area contributed by atoms with Crippen LogP contribution in [0.25, 0.3) is 0 Å². The Hall–Kier alpha value is -1.57.